The second-order valence-corrected chi connectivity index (χ2v) is 6.72. The fourth-order valence-corrected chi connectivity index (χ4v) is 3.97. The Morgan fingerprint density at radius 3 is 2.89 bits per heavy atom. The summed E-state index contributed by atoms with van der Waals surface area (Å²) >= 11 is 1.38. The van der Waals surface area contributed by atoms with Gasteiger partial charge in [0.25, 0.3) is 0 Å². The first-order valence-electron chi connectivity index (χ1n) is 5.21. The van der Waals surface area contributed by atoms with Crippen molar-refractivity contribution in [3.8, 4) is 0 Å². The van der Waals surface area contributed by atoms with Gasteiger partial charge in [0, 0.05) is 22.4 Å². The monoisotopic (exact) mass is 287 g/mol. The summed E-state index contributed by atoms with van der Waals surface area (Å²) in [5.74, 6) is 0.463. The van der Waals surface area contributed by atoms with E-state index in [-0.39, 0.29) is 11.4 Å². The van der Waals surface area contributed by atoms with Crippen LogP contribution < -0.4 is 10.5 Å². The van der Waals surface area contributed by atoms with Crippen molar-refractivity contribution in [3.05, 3.63) is 33.8 Å². The van der Waals surface area contributed by atoms with Crippen LogP contribution in [0, 0.1) is 6.92 Å². The lowest BCUT2D eigenvalue weighted by Crippen LogP contribution is -2.23. The number of hydrogen-bond donors (Lipinski definition) is 2. The Morgan fingerprint density at radius 1 is 1.56 bits per heavy atom. The van der Waals surface area contributed by atoms with E-state index in [4.69, 9.17) is 10.3 Å². The lowest BCUT2D eigenvalue weighted by atomic mass is 10.4. The topological polar surface area (TPSA) is 98.2 Å². The SMILES string of the molecule is Cc1sc(CN)cc1S(=O)(=O)NCc1ccno1. The van der Waals surface area contributed by atoms with Gasteiger partial charge in [-0.15, -0.1) is 11.3 Å². The van der Waals surface area contributed by atoms with Crippen molar-refractivity contribution in [2.75, 3.05) is 0 Å². The molecule has 0 aromatic carbocycles. The number of rotatable bonds is 5. The number of aromatic nitrogens is 1. The van der Waals surface area contributed by atoms with Crippen LogP contribution in [0.2, 0.25) is 0 Å². The van der Waals surface area contributed by atoms with Crippen molar-refractivity contribution in [1.29, 1.82) is 0 Å². The molecule has 98 valence electrons. The summed E-state index contributed by atoms with van der Waals surface area (Å²) in [6.45, 7) is 2.17. The van der Waals surface area contributed by atoms with Crippen LogP contribution in [0.5, 0.6) is 0 Å². The zero-order valence-electron chi connectivity index (χ0n) is 9.71. The van der Waals surface area contributed by atoms with Gasteiger partial charge in [0.15, 0.2) is 5.76 Å². The van der Waals surface area contributed by atoms with Crippen LogP contribution in [0.3, 0.4) is 0 Å². The second-order valence-electron chi connectivity index (χ2n) is 3.64. The van der Waals surface area contributed by atoms with Crippen LogP contribution in [-0.4, -0.2) is 13.6 Å². The van der Waals surface area contributed by atoms with Gasteiger partial charge in [0.05, 0.1) is 17.6 Å². The smallest absolute Gasteiger partial charge is 0.242 e. The van der Waals surface area contributed by atoms with E-state index in [1.54, 1.807) is 19.1 Å². The Morgan fingerprint density at radius 2 is 2.33 bits per heavy atom. The fraction of sp³-hybridized carbons (Fsp3) is 0.300. The molecule has 0 unspecified atom stereocenters. The molecule has 8 heteroatoms. The largest absolute Gasteiger partial charge is 0.360 e. The lowest BCUT2D eigenvalue weighted by molar-refractivity contribution is 0.380. The molecular weight excluding hydrogens is 274 g/mol. The Kier molecular flexibility index (Phi) is 3.81. The van der Waals surface area contributed by atoms with Gasteiger partial charge in [-0.2, -0.15) is 0 Å². The molecule has 2 rings (SSSR count). The number of thiophene rings is 1. The molecule has 18 heavy (non-hydrogen) atoms. The van der Waals surface area contributed by atoms with Gasteiger partial charge in [0.2, 0.25) is 10.0 Å². The highest BCUT2D eigenvalue weighted by molar-refractivity contribution is 7.89. The summed E-state index contributed by atoms with van der Waals surface area (Å²) in [4.78, 5) is 1.83. The third-order valence-corrected chi connectivity index (χ3v) is 5.07. The summed E-state index contributed by atoms with van der Waals surface area (Å²) in [6.07, 6.45) is 1.46. The van der Waals surface area contributed by atoms with Gasteiger partial charge in [-0.3, -0.25) is 0 Å². The molecule has 0 aliphatic rings. The highest BCUT2D eigenvalue weighted by atomic mass is 32.2. The first-order valence-corrected chi connectivity index (χ1v) is 7.51. The number of sulfonamides is 1. The van der Waals surface area contributed by atoms with E-state index in [2.05, 4.69) is 9.88 Å². The molecule has 0 radical (unpaired) electrons. The number of aryl methyl sites for hydroxylation is 1. The number of nitrogens with one attached hydrogen (secondary N) is 1. The quantitative estimate of drug-likeness (QED) is 0.854. The molecule has 0 bridgehead atoms. The zero-order valence-corrected chi connectivity index (χ0v) is 11.3. The van der Waals surface area contributed by atoms with E-state index in [1.165, 1.54) is 17.5 Å². The van der Waals surface area contributed by atoms with E-state index in [0.717, 1.165) is 9.75 Å². The van der Waals surface area contributed by atoms with Crippen LogP contribution in [-0.2, 0) is 23.1 Å². The maximum Gasteiger partial charge on any atom is 0.242 e. The summed E-state index contributed by atoms with van der Waals surface area (Å²) in [7, 11) is -3.54. The van der Waals surface area contributed by atoms with Gasteiger partial charge in [-0.1, -0.05) is 5.16 Å². The molecule has 2 heterocycles. The Labute approximate surface area is 109 Å². The average Bonchev–Trinajstić information content (AvgIpc) is 2.95. The standard InChI is InChI=1S/C10H13N3O3S2/c1-7-10(4-9(5-11)17-7)18(14,15)13-6-8-2-3-12-16-8/h2-4,13H,5-6,11H2,1H3. The summed E-state index contributed by atoms with van der Waals surface area (Å²) in [5.41, 5.74) is 5.50. The Hall–Kier alpha value is -1.22. The third kappa shape index (κ3) is 2.78. The first-order chi connectivity index (χ1) is 8.53. The van der Waals surface area contributed by atoms with Crippen molar-refractivity contribution in [2.24, 2.45) is 5.73 Å². The second kappa shape index (κ2) is 5.19. The molecule has 2 aromatic rings. The average molecular weight is 287 g/mol. The molecule has 0 saturated heterocycles. The van der Waals surface area contributed by atoms with Gasteiger partial charge in [0.1, 0.15) is 0 Å². The fourth-order valence-electron chi connectivity index (χ4n) is 1.47. The number of nitrogens with two attached hydrogens (primary N) is 1. The van der Waals surface area contributed by atoms with Crippen molar-refractivity contribution < 1.29 is 12.9 Å². The van der Waals surface area contributed by atoms with Crippen LogP contribution in [0.25, 0.3) is 0 Å². The van der Waals surface area contributed by atoms with Crippen molar-refractivity contribution >= 4 is 21.4 Å². The van der Waals surface area contributed by atoms with Crippen LogP contribution in [0.15, 0.2) is 27.7 Å². The molecule has 0 fully saturated rings. The maximum atomic E-state index is 12.1. The molecule has 2 aromatic heterocycles. The third-order valence-electron chi connectivity index (χ3n) is 2.34. The molecule has 0 aliphatic heterocycles. The number of nitrogens with zero attached hydrogens (tertiary/aromatic N) is 1. The molecule has 3 N–H and O–H groups in total. The summed E-state index contributed by atoms with van der Waals surface area (Å²) in [5, 5.41) is 3.51. The molecule has 0 aliphatic carbocycles. The normalized spacial score (nSPS) is 11.9. The molecular formula is C10H13N3O3S2. The highest BCUT2D eigenvalue weighted by Gasteiger charge is 2.19. The van der Waals surface area contributed by atoms with Crippen molar-refractivity contribution in [1.82, 2.24) is 9.88 Å². The van der Waals surface area contributed by atoms with E-state index in [0.29, 0.717) is 12.3 Å². The maximum absolute atomic E-state index is 12.1. The van der Waals surface area contributed by atoms with Crippen molar-refractivity contribution in [2.45, 2.75) is 24.9 Å². The zero-order chi connectivity index (χ0) is 13.2. The Bertz CT molecular complexity index is 617. The number of hydrogen-bond acceptors (Lipinski definition) is 6. The van der Waals surface area contributed by atoms with E-state index in [9.17, 15) is 8.42 Å². The van der Waals surface area contributed by atoms with Crippen LogP contribution in [0.4, 0.5) is 0 Å². The molecule has 0 atom stereocenters. The summed E-state index contributed by atoms with van der Waals surface area (Å²) in [6, 6.07) is 3.21. The Balaban J connectivity index is 2.17. The van der Waals surface area contributed by atoms with Crippen molar-refractivity contribution in [3.63, 3.8) is 0 Å². The molecule has 6 nitrogen and oxygen atoms in total. The van der Waals surface area contributed by atoms with Crippen LogP contribution >= 0.6 is 11.3 Å². The van der Waals surface area contributed by atoms with E-state index < -0.39 is 10.0 Å². The predicted octanol–water partition coefficient (Wildman–Crippen LogP) is 0.982. The van der Waals surface area contributed by atoms with Gasteiger partial charge >= 0.3 is 0 Å². The summed E-state index contributed by atoms with van der Waals surface area (Å²) < 4.78 is 31.4. The molecule has 0 amide bonds. The van der Waals surface area contributed by atoms with E-state index >= 15 is 0 Å². The minimum absolute atomic E-state index is 0.0789. The van der Waals surface area contributed by atoms with E-state index in [1.807, 2.05) is 0 Å². The first kappa shape index (κ1) is 13.2. The minimum Gasteiger partial charge on any atom is -0.360 e. The highest BCUT2D eigenvalue weighted by Crippen LogP contribution is 2.25. The van der Waals surface area contributed by atoms with Gasteiger partial charge < -0.3 is 10.3 Å². The van der Waals surface area contributed by atoms with Crippen LogP contribution in [0.1, 0.15) is 15.5 Å². The molecule has 0 spiro atoms. The predicted molar refractivity (Wildman–Crippen MR) is 67.5 cm³/mol. The lowest BCUT2D eigenvalue weighted by Gasteiger charge is -2.03. The van der Waals surface area contributed by atoms with Gasteiger partial charge in [-0.25, -0.2) is 13.1 Å². The van der Waals surface area contributed by atoms with Gasteiger partial charge in [-0.05, 0) is 13.0 Å². The molecule has 0 saturated carbocycles. The minimum atomic E-state index is -3.54.